The first kappa shape index (κ1) is 27.6. The predicted molar refractivity (Wildman–Crippen MR) is 143 cm³/mol. The molecule has 0 aromatic heterocycles. The van der Waals surface area contributed by atoms with E-state index in [0.29, 0.717) is 23.1 Å². The van der Waals surface area contributed by atoms with Crippen LogP contribution in [-0.2, 0) is 35.0 Å². The van der Waals surface area contributed by atoms with Gasteiger partial charge in [0.15, 0.2) is 0 Å². The molecule has 0 saturated carbocycles. The SMILES string of the molecule is CC(=O)O[C@@H](C(=O)O[C@@H]1Cc2c(cc(OC(=O)OC(C)(C)C)c3ccccc23)N(C(C)=O)C1)c1ccccc1. The summed E-state index contributed by atoms with van der Waals surface area (Å²) in [4.78, 5) is 51.6. The van der Waals surface area contributed by atoms with Crippen LogP contribution in [0.25, 0.3) is 10.8 Å². The van der Waals surface area contributed by atoms with Crippen LogP contribution in [0.3, 0.4) is 0 Å². The molecule has 1 aliphatic heterocycles. The molecule has 3 aromatic carbocycles. The van der Waals surface area contributed by atoms with E-state index < -0.39 is 35.9 Å². The molecule has 0 radical (unpaired) electrons. The molecule has 0 bridgehead atoms. The fourth-order valence-corrected chi connectivity index (χ4v) is 4.53. The zero-order valence-corrected chi connectivity index (χ0v) is 22.6. The van der Waals surface area contributed by atoms with Crippen molar-refractivity contribution in [3.8, 4) is 5.75 Å². The Morgan fingerprint density at radius 1 is 0.923 bits per heavy atom. The number of amides is 1. The van der Waals surface area contributed by atoms with Crippen molar-refractivity contribution in [1.29, 1.82) is 0 Å². The van der Waals surface area contributed by atoms with Gasteiger partial charge in [0.25, 0.3) is 0 Å². The third kappa shape index (κ3) is 6.54. The number of carbonyl (C=O) groups excluding carboxylic acids is 4. The smallest absolute Gasteiger partial charge is 0.457 e. The number of esters is 2. The Hall–Kier alpha value is -4.40. The number of nitrogens with zero attached hydrogens (tertiary/aromatic N) is 1. The zero-order valence-electron chi connectivity index (χ0n) is 22.6. The van der Waals surface area contributed by atoms with Gasteiger partial charge in [-0.05, 0) is 31.7 Å². The monoisotopic (exact) mass is 533 g/mol. The van der Waals surface area contributed by atoms with E-state index >= 15 is 0 Å². The van der Waals surface area contributed by atoms with Crippen molar-refractivity contribution in [1.82, 2.24) is 0 Å². The van der Waals surface area contributed by atoms with E-state index in [-0.39, 0.29) is 18.2 Å². The molecule has 0 spiro atoms. The van der Waals surface area contributed by atoms with Crippen LogP contribution >= 0.6 is 0 Å². The minimum Gasteiger partial charge on any atom is -0.457 e. The highest BCUT2D eigenvalue weighted by Gasteiger charge is 2.35. The largest absolute Gasteiger partial charge is 0.514 e. The van der Waals surface area contributed by atoms with Crippen molar-refractivity contribution >= 4 is 40.5 Å². The van der Waals surface area contributed by atoms with Gasteiger partial charge in [-0.2, -0.15) is 0 Å². The van der Waals surface area contributed by atoms with Crippen LogP contribution in [-0.4, -0.2) is 42.3 Å². The second-order valence-corrected chi connectivity index (χ2v) is 10.3. The van der Waals surface area contributed by atoms with Crippen molar-refractivity contribution in [3.05, 3.63) is 71.8 Å². The average molecular weight is 534 g/mol. The van der Waals surface area contributed by atoms with E-state index in [9.17, 15) is 19.2 Å². The van der Waals surface area contributed by atoms with Crippen LogP contribution in [0.15, 0.2) is 60.7 Å². The number of hydrogen-bond donors (Lipinski definition) is 0. The van der Waals surface area contributed by atoms with Gasteiger partial charge in [0.1, 0.15) is 17.5 Å². The molecular formula is C30H31NO8. The van der Waals surface area contributed by atoms with E-state index in [1.807, 2.05) is 18.2 Å². The van der Waals surface area contributed by atoms with E-state index in [2.05, 4.69) is 0 Å². The maximum Gasteiger partial charge on any atom is 0.514 e. The molecule has 0 N–H and O–H groups in total. The summed E-state index contributed by atoms with van der Waals surface area (Å²) in [5.41, 5.74) is 1.04. The third-order valence-corrected chi connectivity index (χ3v) is 6.05. The first-order valence-corrected chi connectivity index (χ1v) is 12.6. The maximum absolute atomic E-state index is 13.2. The average Bonchev–Trinajstić information content (AvgIpc) is 2.86. The van der Waals surface area contributed by atoms with Crippen LogP contribution in [0.5, 0.6) is 5.75 Å². The van der Waals surface area contributed by atoms with Gasteiger partial charge in [0.2, 0.25) is 12.0 Å². The molecule has 39 heavy (non-hydrogen) atoms. The van der Waals surface area contributed by atoms with E-state index in [4.69, 9.17) is 18.9 Å². The number of ether oxygens (including phenoxy) is 4. The quantitative estimate of drug-likeness (QED) is 0.248. The minimum atomic E-state index is -1.24. The van der Waals surface area contributed by atoms with Crippen molar-refractivity contribution in [3.63, 3.8) is 0 Å². The van der Waals surface area contributed by atoms with Gasteiger partial charge in [-0.25, -0.2) is 9.59 Å². The number of carbonyl (C=O) groups is 4. The molecule has 0 fully saturated rings. The molecule has 4 rings (SSSR count). The molecule has 9 nitrogen and oxygen atoms in total. The molecule has 3 aromatic rings. The summed E-state index contributed by atoms with van der Waals surface area (Å²) >= 11 is 0. The standard InChI is InChI=1S/C30H31NO8/c1-18(32)31-17-21(37-28(34)27(36-19(2)33)20-11-7-6-8-12-20)15-24-22-13-9-10-14-23(22)26(16-25(24)31)38-29(35)39-30(3,4)5/h6-14,16,21,27H,15,17H2,1-5H3/t21-,27-/m1/s1. The van der Waals surface area contributed by atoms with Gasteiger partial charge in [0, 0.05) is 37.3 Å². The Kier molecular flexibility index (Phi) is 7.90. The molecule has 1 heterocycles. The Morgan fingerprint density at radius 3 is 2.18 bits per heavy atom. The Balaban J connectivity index is 1.68. The van der Waals surface area contributed by atoms with Gasteiger partial charge >= 0.3 is 18.1 Å². The lowest BCUT2D eigenvalue weighted by Gasteiger charge is -2.35. The highest BCUT2D eigenvalue weighted by atomic mass is 16.7. The van der Waals surface area contributed by atoms with Crippen molar-refractivity contribution in [2.45, 2.75) is 58.8 Å². The van der Waals surface area contributed by atoms with Gasteiger partial charge in [0.05, 0.1) is 12.2 Å². The molecule has 2 atom stereocenters. The Morgan fingerprint density at radius 2 is 1.56 bits per heavy atom. The molecule has 1 aliphatic rings. The molecular weight excluding hydrogens is 502 g/mol. The summed E-state index contributed by atoms with van der Waals surface area (Å²) in [5, 5.41) is 1.37. The van der Waals surface area contributed by atoms with Crippen molar-refractivity contribution in [2.75, 3.05) is 11.4 Å². The van der Waals surface area contributed by atoms with Gasteiger partial charge in [-0.3, -0.25) is 9.59 Å². The van der Waals surface area contributed by atoms with Crippen LogP contribution in [0.4, 0.5) is 10.5 Å². The van der Waals surface area contributed by atoms with Gasteiger partial charge in [-0.15, -0.1) is 0 Å². The summed E-state index contributed by atoms with van der Waals surface area (Å²) in [6.07, 6.45) is -2.52. The number of anilines is 1. The molecule has 1 amide bonds. The van der Waals surface area contributed by atoms with Gasteiger partial charge < -0.3 is 23.8 Å². The third-order valence-electron chi connectivity index (χ3n) is 6.05. The van der Waals surface area contributed by atoms with E-state index in [1.165, 1.54) is 18.7 Å². The van der Waals surface area contributed by atoms with Crippen LogP contribution in [0.1, 0.15) is 51.8 Å². The molecule has 0 unspecified atom stereocenters. The highest BCUT2D eigenvalue weighted by molar-refractivity contribution is 6.02. The topological polar surface area (TPSA) is 108 Å². The van der Waals surface area contributed by atoms with E-state index in [1.54, 1.807) is 63.2 Å². The Bertz CT molecular complexity index is 1410. The fraction of sp³-hybridized carbons (Fsp3) is 0.333. The predicted octanol–water partition coefficient (Wildman–Crippen LogP) is 5.28. The second-order valence-electron chi connectivity index (χ2n) is 10.3. The van der Waals surface area contributed by atoms with Crippen molar-refractivity contribution < 1.29 is 38.1 Å². The number of hydrogen-bond acceptors (Lipinski definition) is 8. The summed E-state index contributed by atoms with van der Waals surface area (Å²) in [6, 6.07) is 17.5. The minimum absolute atomic E-state index is 0.0693. The first-order chi connectivity index (χ1) is 18.4. The second kappa shape index (κ2) is 11.1. The lowest BCUT2D eigenvalue weighted by molar-refractivity contribution is -0.171. The highest BCUT2D eigenvalue weighted by Crippen LogP contribution is 2.40. The van der Waals surface area contributed by atoms with Crippen molar-refractivity contribution in [2.24, 2.45) is 0 Å². The lowest BCUT2D eigenvalue weighted by Crippen LogP contribution is -2.44. The molecule has 204 valence electrons. The van der Waals surface area contributed by atoms with Crippen LogP contribution in [0.2, 0.25) is 0 Å². The van der Waals surface area contributed by atoms with Crippen LogP contribution < -0.4 is 9.64 Å². The summed E-state index contributed by atoms with van der Waals surface area (Å²) < 4.78 is 22.0. The molecule has 9 heteroatoms. The number of benzene rings is 3. The summed E-state index contributed by atoms with van der Waals surface area (Å²) in [7, 11) is 0. The number of fused-ring (bicyclic) bond motifs is 3. The normalized spacial score (nSPS) is 15.6. The fourth-order valence-electron chi connectivity index (χ4n) is 4.53. The number of rotatable bonds is 5. The summed E-state index contributed by atoms with van der Waals surface area (Å²) in [5.74, 6) is -1.39. The lowest BCUT2D eigenvalue weighted by atomic mass is 9.93. The first-order valence-electron chi connectivity index (χ1n) is 12.6. The maximum atomic E-state index is 13.2. The molecule has 0 saturated heterocycles. The summed E-state index contributed by atoms with van der Waals surface area (Å²) in [6.45, 7) is 7.91. The zero-order chi connectivity index (χ0) is 28.3. The molecule has 0 aliphatic carbocycles. The van der Waals surface area contributed by atoms with Gasteiger partial charge in [-0.1, -0.05) is 54.6 Å². The van der Waals surface area contributed by atoms with Crippen LogP contribution in [0, 0.1) is 0 Å². The Labute approximate surface area is 226 Å². The van der Waals surface area contributed by atoms with E-state index in [0.717, 1.165) is 10.9 Å².